The lowest BCUT2D eigenvalue weighted by atomic mass is 10.2. The zero-order valence-electron chi connectivity index (χ0n) is 19.1. The minimum atomic E-state index is -3.62. The summed E-state index contributed by atoms with van der Waals surface area (Å²) in [5.41, 5.74) is 2.12. The summed E-state index contributed by atoms with van der Waals surface area (Å²) < 4.78 is 42.0. The fourth-order valence-electron chi connectivity index (χ4n) is 3.50. The van der Waals surface area contributed by atoms with Gasteiger partial charge in [-0.1, -0.05) is 54.6 Å². The van der Waals surface area contributed by atoms with Crippen LogP contribution in [0.2, 0.25) is 0 Å². The molecule has 7 nitrogen and oxygen atoms in total. The number of hydrogen-bond donors (Lipinski definition) is 1. The number of methoxy groups -OCH3 is 1. The molecule has 0 fully saturated rings. The molecule has 180 valence electrons. The highest BCUT2D eigenvalue weighted by Gasteiger charge is 2.22. The summed E-state index contributed by atoms with van der Waals surface area (Å²) in [5.74, 6) is 0.263. The Balaban J connectivity index is 1.40. The van der Waals surface area contributed by atoms with Gasteiger partial charge in [-0.15, -0.1) is 0 Å². The number of carbonyl (C=O) groups is 1. The molecule has 0 spiro atoms. The fraction of sp³-hybridized carbons (Fsp3) is 0.148. The van der Waals surface area contributed by atoms with Gasteiger partial charge in [-0.25, -0.2) is 8.42 Å². The van der Waals surface area contributed by atoms with E-state index >= 15 is 0 Å². The maximum atomic E-state index is 12.7. The number of amides is 1. The van der Waals surface area contributed by atoms with E-state index in [1.165, 1.54) is 24.5 Å². The second-order valence-corrected chi connectivity index (χ2v) is 9.78. The lowest BCUT2D eigenvalue weighted by Crippen LogP contribution is -2.23. The van der Waals surface area contributed by atoms with Crippen LogP contribution in [0.25, 0.3) is 0 Å². The lowest BCUT2D eigenvalue weighted by molar-refractivity contribution is 0.0922. The van der Waals surface area contributed by atoms with Crippen molar-refractivity contribution >= 4 is 15.7 Å². The molecule has 4 rings (SSSR count). The third kappa shape index (κ3) is 6.10. The molecule has 0 saturated carbocycles. The first kappa shape index (κ1) is 24.1. The molecule has 0 radical (unpaired) electrons. The van der Waals surface area contributed by atoms with Crippen LogP contribution in [-0.4, -0.2) is 21.4 Å². The van der Waals surface area contributed by atoms with Crippen LogP contribution in [0.5, 0.6) is 11.5 Å². The molecule has 0 atom stereocenters. The van der Waals surface area contributed by atoms with Gasteiger partial charge in [0.25, 0.3) is 5.91 Å². The van der Waals surface area contributed by atoms with E-state index in [1.807, 2.05) is 36.4 Å². The molecule has 8 heteroatoms. The number of ether oxygens (including phenoxy) is 2. The Morgan fingerprint density at radius 3 is 2.31 bits per heavy atom. The number of nitrogens with one attached hydrogen (secondary N) is 1. The molecule has 4 aromatic rings. The zero-order chi connectivity index (χ0) is 24.7. The number of benzene rings is 3. The maximum absolute atomic E-state index is 12.7. The molecular formula is C27H25NO6S. The van der Waals surface area contributed by atoms with Gasteiger partial charge in [-0.05, 0) is 41.5 Å². The molecule has 35 heavy (non-hydrogen) atoms. The van der Waals surface area contributed by atoms with Crippen LogP contribution < -0.4 is 14.8 Å². The summed E-state index contributed by atoms with van der Waals surface area (Å²) in [6.07, 6.45) is 1.31. The number of hydrogen-bond acceptors (Lipinski definition) is 6. The number of sulfone groups is 1. The first-order chi connectivity index (χ1) is 17.0. The van der Waals surface area contributed by atoms with Gasteiger partial charge in [0.1, 0.15) is 6.61 Å². The Morgan fingerprint density at radius 1 is 0.886 bits per heavy atom. The van der Waals surface area contributed by atoms with E-state index < -0.39 is 15.7 Å². The first-order valence-corrected chi connectivity index (χ1v) is 12.6. The van der Waals surface area contributed by atoms with Gasteiger partial charge in [0.15, 0.2) is 27.1 Å². The smallest absolute Gasteiger partial charge is 0.287 e. The van der Waals surface area contributed by atoms with Gasteiger partial charge < -0.3 is 19.2 Å². The van der Waals surface area contributed by atoms with Crippen molar-refractivity contribution in [3.63, 3.8) is 0 Å². The minimum Gasteiger partial charge on any atom is -0.493 e. The van der Waals surface area contributed by atoms with Gasteiger partial charge >= 0.3 is 0 Å². The van der Waals surface area contributed by atoms with Crippen molar-refractivity contribution < 1.29 is 27.1 Å². The highest BCUT2D eigenvalue weighted by molar-refractivity contribution is 7.90. The Bertz CT molecular complexity index is 1380. The van der Waals surface area contributed by atoms with Crippen LogP contribution in [-0.2, 0) is 28.7 Å². The van der Waals surface area contributed by atoms with Gasteiger partial charge in [0, 0.05) is 12.1 Å². The van der Waals surface area contributed by atoms with E-state index in [0.717, 1.165) is 11.1 Å². The zero-order valence-corrected chi connectivity index (χ0v) is 20.0. The number of carbonyl (C=O) groups excluding carboxylic acids is 1. The summed E-state index contributed by atoms with van der Waals surface area (Å²) in [5, 5.41) is 2.77. The van der Waals surface area contributed by atoms with Gasteiger partial charge in [0.2, 0.25) is 0 Å². The van der Waals surface area contributed by atoms with Crippen molar-refractivity contribution in [2.45, 2.75) is 23.8 Å². The van der Waals surface area contributed by atoms with Crippen LogP contribution in [0.4, 0.5) is 0 Å². The standard InChI is InChI=1S/C27H25NO6S/c1-32-25-16-21(12-13-24(25)34-18-20-8-4-2-5-9-20)17-28-27(29)26-22(14-15-33-26)19-35(30,31)23-10-6-3-7-11-23/h2-16H,17-19H2,1H3,(H,28,29). The summed E-state index contributed by atoms with van der Waals surface area (Å²) in [7, 11) is -2.07. The lowest BCUT2D eigenvalue weighted by Gasteiger charge is -2.13. The Labute approximate surface area is 204 Å². The SMILES string of the molecule is COc1cc(CNC(=O)c2occc2CS(=O)(=O)c2ccccc2)ccc1OCc1ccccc1. The molecule has 1 N–H and O–H groups in total. The molecule has 0 aliphatic carbocycles. The molecule has 1 heterocycles. The molecule has 0 unspecified atom stereocenters. The molecule has 0 bridgehead atoms. The van der Waals surface area contributed by atoms with Crippen molar-refractivity contribution in [2.75, 3.05) is 7.11 Å². The van der Waals surface area contributed by atoms with Crippen molar-refractivity contribution in [2.24, 2.45) is 0 Å². The number of furan rings is 1. The summed E-state index contributed by atoms with van der Waals surface area (Å²) >= 11 is 0. The average Bonchev–Trinajstić information content (AvgIpc) is 3.35. The average molecular weight is 492 g/mol. The normalized spacial score (nSPS) is 11.1. The summed E-state index contributed by atoms with van der Waals surface area (Å²) in [4.78, 5) is 12.9. The first-order valence-electron chi connectivity index (χ1n) is 10.9. The van der Waals surface area contributed by atoms with E-state index in [0.29, 0.717) is 23.7 Å². The molecule has 1 amide bonds. The quantitative estimate of drug-likeness (QED) is 0.343. The van der Waals surface area contributed by atoms with Crippen LogP contribution >= 0.6 is 0 Å². The van der Waals surface area contributed by atoms with E-state index in [1.54, 1.807) is 37.4 Å². The largest absolute Gasteiger partial charge is 0.493 e. The minimum absolute atomic E-state index is 0.0284. The van der Waals surface area contributed by atoms with Crippen LogP contribution in [0.15, 0.2) is 101 Å². The summed E-state index contributed by atoms with van der Waals surface area (Å²) in [6.45, 7) is 0.597. The highest BCUT2D eigenvalue weighted by Crippen LogP contribution is 2.29. The molecule has 0 aliphatic rings. The highest BCUT2D eigenvalue weighted by atomic mass is 32.2. The molecule has 1 aromatic heterocycles. The number of rotatable bonds is 10. The van der Waals surface area contributed by atoms with Crippen molar-refractivity contribution in [1.82, 2.24) is 5.32 Å². The van der Waals surface area contributed by atoms with Gasteiger partial charge in [0.05, 0.1) is 24.0 Å². The third-order valence-corrected chi connectivity index (χ3v) is 7.00. The van der Waals surface area contributed by atoms with Crippen LogP contribution in [0, 0.1) is 0 Å². The van der Waals surface area contributed by atoms with Crippen LogP contribution in [0.1, 0.15) is 27.2 Å². The second-order valence-electron chi connectivity index (χ2n) is 7.79. The third-order valence-electron chi connectivity index (χ3n) is 5.32. The Kier molecular flexibility index (Phi) is 7.52. The maximum Gasteiger partial charge on any atom is 0.287 e. The topological polar surface area (TPSA) is 94.8 Å². The molecule has 0 saturated heterocycles. The molecule has 0 aliphatic heterocycles. The van der Waals surface area contributed by atoms with E-state index in [2.05, 4.69) is 5.32 Å². The fourth-order valence-corrected chi connectivity index (χ4v) is 4.88. The van der Waals surface area contributed by atoms with Crippen molar-refractivity contribution in [1.29, 1.82) is 0 Å². The van der Waals surface area contributed by atoms with E-state index in [4.69, 9.17) is 13.9 Å². The van der Waals surface area contributed by atoms with Gasteiger partial charge in [-0.2, -0.15) is 0 Å². The Morgan fingerprint density at radius 2 is 1.60 bits per heavy atom. The van der Waals surface area contributed by atoms with E-state index in [-0.39, 0.29) is 23.0 Å². The van der Waals surface area contributed by atoms with E-state index in [9.17, 15) is 13.2 Å². The van der Waals surface area contributed by atoms with Crippen molar-refractivity contribution in [3.05, 3.63) is 114 Å². The molecular weight excluding hydrogens is 466 g/mol. The van der Waals surface area contributed by atoms with Crippen LogP contribution in [0.3, 0.4) is 0 Å². The van der Waals surface area contributed by atoms with Gasteiger partial charge in [-0.3, -0.25) is 4.79 Å². The summed E-state index contributed by atoms with van der Waals surface area (Å²) in [6, 6.07) is 24.8. The van der Waals surface area contributed by atoms with Crippen molar-refractivity contribution in [3.8, 4) is 11.5 Å². The molecule has 3 aromatic carbocycles. The monoisotopic (exact) mass is 491 g/mol. The Hall–Kier alpha value is -4.04. The predicted octanol–water partition coefficient (Wildman–Crippen LogP) is 4.77. The predicted molar refractivity (Wildman–Crippen MR) is 131 cm³/mol. The second kappa shape index (κ2) is 10.9.